The average molecular weight is 440 g/mol. The Labute approximate surface area is 184 Å². The number of piperidine rings is 2. The maximum Gasteiger partial charge on any atom is 0.264 e. The van der Waals surface area contributed by atoms with E-state index in [0.717, 1.165) is 11.2 Å². The molecule has 0 aliphatic carbocycles. The summed E-state index contributed by atoms with van der Waals surface area (Å²) in [5.41, 5.74) is 0.594. The third kappa shape index (κ3) is 3.76. The molecule has 2 fully saturated rings. The van der Waals surface area contributed by atoms with Crippen molar-refractivity contribution in [2.45, 2.75) is 44.7 Å². The molecule has 2 atom stereocenters. The summed E-state index contributed by atoms with van der Waals surface area (Å²) in [6, 6.07) is 3.00. The van der Waals surface area contributed by atoms with Crippen molar-refractivity contribution in [2.24, 2.45) is 5.92 Å². The van der Waals surface area contributed by atoms with Crippen molar-refractivity contribution in [1.82, 2.24) is 15.1 Å². The van der Waals surface area contributed by atoms with E-state index in [1.807, 2.05) is 0 Å². The third-order valence-electron chi connectivity index (χ3n) is 6.25. The normalized spacial score (nSPS) is 22.5. The van der Waals surface area contributed by atoms with Crippen LogP contribution < -0.4 is 10.6 Å². The van der Waals surface area contributed by atoms with Gasteiger partial charge in [0.05, 0.1) is 11.1 Å². The first-order valence-electron chi connectivity index (χ1n) is 10.7. The largest absolute Gasteiger partial charge is 0.373 e. The standard InChI is InChI=1S/C22H24N4O6/c1-12(20(30)25-9-7-13(11-27)8-10-25)23-15-4-2-3-14-18(15)22(32)26(21(14)31)16-5-6-17(28)24-19(16)29/h2-4,11-13,16,23H,5-10H2,1H3,(H,24,28,29)/t12-,16?/m0/s1. The van der Waals surface area contributed by atoms with Crippen LogP contribution in [0.3, 0.4) is 0 Å². The highest BCUT2D eigenvalue weighted by molar-refractivity contribution is 6.25. The van der Waals surface area contributed by atoms with Crippen molar-refractivity contribution < 1.29 is 28.8 Å². The number of anilines is 1. The summed E-state index contributed by atoms with van der Waals surface area (Å²) in [6.07, 6.45) is 2.28. The zero-order valence-corrected chi connectivity index (χ0v) is 17.6. The number of nitrogens with one attached hydrogen (secondary N) is 2. The monoisotopic (exact) mass is 440 g/mol. The van der Waals surface area contributed by atoms with Crippen LogP contribution in [0.25, 0.3) is 0 Å². The molecule has 5 amide bonds. The highest BCUT2D eigenvalue weighted by Gasteiger charge is 2.45. The topological polar surface area (TPSA) is 133 Å². The first-order chi connectivity index (χ1) is 15.3. The van der Waals surface area contributed by atoms with E-state index >= 15 is 0 Å². The molecule has 0 radical (unpaired) electrons. The number of fused-ring (bicyclic) bond motifs is 1. The van der Waals surface area contributed by atoms with E-state index in [4.69, 9.17) is 0 Å². The molecular weight excluding hydrogens is 416 g/mol. The Balaban J connectivity index is 1.52. The molecule has 2 saturated heterocycles. The number of rotatable bonds is 5. The van der Waals surface area contributed by atoms with Crippen LogP contribution in [0.2, 0.25) is 0 Å². The molecule has 3 aliphatic rings. The summed E-state index contributed by atoms with van der Waals surface area (Å²) in [6.45, 7) is 2.65. The summed E-state index contributed by atoms with van der Waals surface area (Å²) in [5.74, 6) is -2.53. The van der Waals surface area contributed by atoms with Crippen LogP contribution in [0.1, 0.15) is 53.3 Å². The van der Waals surface area contributed by atoms with Crippen molar-refractivity contribution in [3.05, 3.63) is 29.3 Å². The lowest BCUT2D eigenvalue weighted by Crippen LogP contribution is -2.54. The molecule has 3 aliphatic heterocycles. The lowest BCUT2D eigenvalue weighted by atomic mass is 9.98. The average Bonchev–Trinajstić information content (AvgIpc) is 3.04. The third-order valence-corrected chi connectivity index (χ3v) is 6.25. The van der Waals surface area contributed by atoms with Crippen LogP contribution in [-0.4, -0.2) is 70.8 Å². The fourth-order valence-electron chi connectivity index (χ4n) is 4.46. The van der Waals surface area contributed by atoms with Crippen LogP contribution in [0.4, 0.5) is 5.69 Å². The van der Waals surface area contributed by atoms with E-state index in [-0.39, 0.29) is 35.8 Å². The number of likely N-dealkylation sites (tertiary alicyclic amines) is 1. The Morgan fingerprint density at radius 2 is 1.84 bits per heavy atom. The quantitative estimate of drug-likeness (QED) is 0.498. The Hall–Kier alpha value is -3.56. The molecule has 4 rings (SSSR count). The maximum absolute atomic E-state index is 13.1. The highest BCUT2D eigenvalue weighted by Crippen LogP contribution is 2.32. The molecule has 1 aromatic rings. The van der Waals surface area contributed by atoms with E-state index in [1.54, 1.807) is 24.0 Å². The Bertz CT molecular complexity index is 1010. The number of imide groups is 2. The van der Waals surface area contributed by atoms with E-state index in [0.29, 0.717) is 31.6 Å². The molecule has 168 valence electrons. The van der Waals surface area contributed by atoms with Crippen molar-refractivity contribution in [3.8, 4) is 0 Å². The SMILES string of the molecule is C[C@H](Nc1cccc2c1C(=O)N(C1CCC(=O)NC1=O)C2=O)C(=O)N1CCC(C=O)CC1. The number of benzene rings is 1. The van der Waals surface area contributed by atoms with Gasteiger partial charge in [0.1, 0.15) is 18.4 Å². The number of amides is 5. The lowest BCUT2D eigenvalue weighted by molar-refractivity contribution is -0.136. The van der Waals surface area contributed by atoms with Gasteiger partial charge in [-0.05, 0) is 38.3 Å². The van der Waals surface area contributed by atoms with Crippen LogP contribution in [0.15, 0.2) is 18.2 Å². The summed E-state index contributed by atoms with van der Waals surface area (Å²) >= 11 is 0. The second-order valence-electron chi connectivity index (χ2n) is 8.34. The summed E-state index contributed by atoms with van der Waals surface area (Å²) in [7, 11) is 0. The van der Waals surface area contributed by atoms with Gasteiger partial charge in [-0.25, -0.2) is 0 Å². The minimum atomic E-state index is -1.05. The second-order valence-corrected chi connectivity index (χ2v) is 8.34. The van der Waals surface area contributed by atoms with Gasteiger partial charge in [0.2, 0.25) is 17.7 Å². The first kappa shape index (κ1) is 21.7. The van der Waals surface area contributed by atoms with Gasteiger partial charge >= 0.3 is 0 Å². The molecule has 1 aromatic carbocycles. The fourth-order valence-corrected chi connectivity index (χ4v) is 4.46. The lowest BCUT2D eigenvalue weighted by Gasteiger charge is -2.32. The van der Waals surface area contributed by atoms with Gasteiger partial charge in [-0.1, -0.05) is 6.07 Å². The molecule has 32 heavy (non-hydrogen) atoms. The van der Waals surface area contributed by atoms with Crippen molar-refractivity contribution in [2.75, 3.05) is 18.4 Å². The number of hydrogen-bond acceptors (Lipinski definition) is 7. The van der Waals surface area contributed by atoms with Crippen LogP contribution in [0.5, 0.6) is 0 Å². The van der Waals surface area contributed by atoms with E-state index in [9.17, 15) is 28.8 Å². The van der Waals surface area contributed by atoms with E-state index < -0.39 is 35.7 Å². The van der Waals surface area contributed by atoms with Gasteiger partial charge in [-0.15, -0.1) is 0 Å². The van der Waals surface area contributed by atoms with Gasteiger partial charge in [0.15, 0.2) is 0 Å². The van der Waals surface area contributed by atoms with Gasteiger partial charge in [-0.3, -0.25) is 34.2 Å². The van der Waals surface area contributed by atoms with Gasteiger partial charge in [0.25, 0.3) is 11.8 Å². The fraction of sp³-hybridized carbons (Fsp3) is 0.455. The number of carbonyl (C=O) groups excluding carboxylic acids is 6. The number of aldehydes is 1. The van der Waals surface area contributed by atoms with E-state index in [2.05, 4.69) is 10.6 Å². The van der Waals surface area contributed by atoms with Crippen molar-refractivity contribution in [1.29, 1.82) is 0 Å². The summed E-state index contributed by atoms with van der Waals surface area (Å²) < 4.78 is 0. The molecule has 2 N–H and O–H groups in total. The van der Waals surface area contributed by atoms with E-state index in [1.165, 1.54) is 6.07 Å². The zero-order chi connectivity index (χ0) is 23.0. The Kier molecular flexibility index (Phi) is 5.77. The van der Waals surface area contributed by atoms with Crippen LogP contribution >= 0.6 is 0 Å². The molecule has 0 bridgehead atoms. The predicted molar refractivity (Wildman–Crippen MR) is 112 cm³/mol. The Morgan fingerprint density at radius 3 is 2.50 bits per heavy atom. The summed E-state index contributed by atoms with van der Waals surface area (Å²) in [5, 5.41) is 5.21. The first-order valence-corrected chi connectivity index (χ1v) is 10.7. The van der Waals surface area contributed by atoms with Crippen LogP contribution in [-0.2, 0) is 19.2 Å². The molecule has 3 heterocycles. The zero-order valence-electron chi connectivity index (χ0n) is 17.6. The summed E-state index contributed by atoms with van der Waals surface area (Å²) in [4.78, 5) is 76.1. The van der Waals surface area contributed by atoms with Crippen molar-refractivity contribution in [3.63, 3.8) is 0 Å². The molecule has 0 aromatic heterocycles. The maximum atomic E-state index is 13.1. The van der Waals surface area contributed by atoms with Gasteiger partial charge in [0, 0.05) is 31.1 Å². The Morgan fingerprint density at radius 1 is 1.12 bits per heavy atom. The number of hydrogen-bond donors (Lipinski definition) is 2. The second kappa shape index (κ2) is 8.52. The van der Waals surface area contributed by atoms with Crippen LogP contribution in [0, 0.1) is 5.92 Å². The number of carbonyl (C=O) groups is 6. The smallest absolute Gasteiger partial charge is 0.264 e. The van der Waals surface area contributed by atoms with Crippen molar-refractivity contribution >= 4 is 41.5 Å². The molecule has 10 heteroatoms. The number of nitrogens with zero attached hydrogens (tertiary/aromatic N) is 2. The minimum absolute atomic E-state index is 0.0263. The molecule has 0 saturated carbocycles. The highest BCUT2D eigenvalue weighted by atomic mass is 16.2. The van der Waals surface area contributed by atoms with Gasteiger partial charge < -0.3 is 15.0 Å². The molecule has 1 unspecified atom stereocenters. The molecule has 10 nitrogen and oxygen atoms in total. The molecule has 0 spiro atoms. The minimum Gasteiger partial charge on any atom is -0.373 e. The predicted octanol–water partition coefficient (Wildman–Crippen LogP) is 0.326. The molecular formula is C22H24N4O6. The van der Waals surface area contributed by atoms with Gasteiger partial charge in [-0.2, -0.15) is 0 Å².